The number of hydrogen-bond donors (Lipinski definition) is 1. The molecular weight excluding hydrogens is 504 g/mol. The van der Waals surface area contributed by atoms with Crippen LogP contribution in [0.15, 0.2) is 76.8 Å². The molecule has 0 saturated carbocycles. The molecule has 0 heterocycles. The van der Waals surface area contributed by atoms with Gasteiger partial charge in [0.2, 0.25) is 0 Å². The number of nitrogens with zero attached hydrogens (tertiary/aromatic N) is 1. The zero-order valence-electron chi connectivity index (χ0n) is 18.1. The van der Waals surface area contributed by atoms with Crippen LogP contribution in [-0.4, -0.2) is 12.0 Å². The Morgan fingerprint density at radius 3 is 2.42 bits per heavy atom. The summed E-state index contributed by atoms with van der Waals surface area (Å²) in [4.78, 5) is 12.6. The first kappa shape index (κ1) is 24.4. The molecule has 0 unspecified atom stereocenters. The van der Waals surface area contributed by atoms with Crippen molar-refractivity contribution >= 4 is 45.2 Å². The third-order valence-corrected chi connectivity index (χ3v) is 5.30. The summed E-state index contributed by atoms with van der Waals surface area (Å²) in [7, 11) is 0. The first-order valence-electron chi connectivity index (χ1n) is 10.2. The van der Waals surface area contributed by atoms with E-state index in [4.69, 9.17) is 21.1 Å². The van der Waals surface area contributed by atoms with Gasteiger partial charge in [-0.3, -0.25) is 4.79 Å². The Bertz CT molecular complexity index is 1180. The van der Waals surface area contributed by atoms with E-state index in [-0.39, 0.29) is 11.7 Å². The molecular formula is C26H22BrClN2O3. The monoisotopic (exact) mass is 524 g/mol. The first-order valence-corrected chi connectivity index (χ1v) is 11.4. The molecule has 3 aromatic carbocycles. The van der Waals surface area contributed by atoms with Gasteiger partial charge in [0, 0.05) is 10.7 Å². The highest BCUT2D eigenvalue weighted by Gasteiger charge is 2.11. The van der Waals surface area contributed by atoms with Crippen molar-refractivity contribution in [2.75, 3.05) is 5.32 Å². The minimum Gasteiger partial charge on any atom is -0.490 e. The summed E-state index contributed by atoms with van der Waals surface area (Å²) in [5, 5.41) is 12.9. The van der Waals surface area contributed by atoms with Crippen molar-refractivity contribution in [2.24, 2.45) is 0 Å². The number of carbonyl (C=O) groups excluding carboxylic acids is 1. The molecule has 7 heteroatoms. The van der Waals surface area contributed by atoms with Crippen LogP contribution in [0.5, 0.6) is 11.5 Å². The Morgan fingerprint density at radius 2 is 1.82 bits per heavy atom. The Morgan fingerprint density at radius 1 is 1.12 bits per heavy atom. The van der Waals surface area contributed by atoms with Gasteiger partial charge in [0.05, 0.1) is 10.6 Å². The van der Waals surface area contributed by atoms with Crippen molar-refractivity contribution in [3.05, 3.63) is 92.9 Å². The molecule has 3 rings (SSSR count). The van der Waals surface area contributed by atoms with E-state index in [0.29, 0.717) is 34.4 Å². The predicted octanol–water partition coefficient (Wildman–Crippen LogP) is 7.01. The second kappa shape index (κ2) is 11.6. The van der Waals surface area contributed by atoms with Crippen molar-refractivity contribution < 1.29 is 14.3 Å². The van der Waals surface area contributed by atoms with Crippen LogP contribution in [0.3, 0.4) is 0 Å². The third kappa shape index (κ3) is 7.38. The first-order chi connectivity index (χ1) is 15.8. The summed E-state index contributed by atoms with van der Waals surface area (Å²) in [6.45, 7) is 4.29. The van der Waals surface area contributed by atoms with Gasteiger partial charge in [-0.2, -0.15) is 5.26 Å². The lowest BCUT2D eigenvalue weighted by Gasteiger charge is -2.12. The molecule has 0 radical (unpaired) electrons. The Balaban J connectivity index is 1.62. The topological polar surface area (TPSA) is 71.3 Å². The molecule has 0 aromatic heterocycles. The van der Waals surface area contributed by atoms with Gasteiger partial charge in [-0.1, -0.05) is 29.8 Å². The van der Waals surface area contributed by atoms with Gasteiger partial charge in [0.1, 0.15) is 29.7 Å². The second-order valence-corrected chi connectivity index (χ2v) is 8.71. The maximum absolute atomic E-state index is 12.6. The highest BCUT2D eigenvalue weighted by molar-refractivity contribution is 9.10. The van der Waals surface area contributed by atoms with Crippen molar-refractivity contribution in [3.63, 3.8) is 0 Å². The molecule has 0 fully saturated rings. The van der Waals surface area contributed by atoms with Crippen LogP contribution >= 0.6 is 27.5 Å². The molecule has 0 saturated heterocycles. The van der Waals surface area contributed by atoms with Gasteiger partial charge in [-0.25, -0.2) is 0 Å². The average molecular weight is 526 g/mol. The van der Waals surface area contributed by atoms with E-state index in [1.165, 1.54) is 6.08 Å². The number of ether oxygens (including phenoxy) is 2. The van der Waals surface area contributed by atoms with E-state index in [0.717, 1.165) is 10.0 Å². The van der Waals surface area contributed by atoms with Crippen LogP contribution in [0.4, 0.5) is 5.69 Å². The minimum atomic E-state index is -0.494. The summed E-state index contributed by atoms with van der Waals surface area (Å²) >= 11 is 9.35. The summed E-state index contributed by atoms with van der Waals surface area (Å²) in [5.74, 6) is 0.863. The molecule has 0 aliphatic heterocycles. The Labute approximate surface area is 206 Å². The van der Waals surface area contributed by atoms with E-state index in [1.807, 2.05) is 44.2 Å². The van der Waals surface area contributed by atoms with Crippen LogP contribution in [0.2, 0.25) is 5.02 Å². The SMILES string of the molecule is CC(C)Oc1ccc(/C=C(\C#N)C(=O)Nc2ccc(OCc3ccc(Cl)cc3)cc2)cc1Br. The number of nitriles is 1. The van der Waals surface area contributed by atoms with Gasteiger partial charge < -0.3 is 14.8 Å². The molecule has 33 heavy (non-hydrogen) atoms. The Hall–Kier alpha value is -3.27. The second-order valence-electron chi connectivity index (χ2n) is 7.42. The third-order valence-electron chi connectivity index (χ3n) is 4.43. The predicted molar refractivity (Wildman–Crippen MR) is 134 cm³/mol. The van der Waals surface area contributed by atoms with Gasteiger partial charge in [-0.15, -0.1) is 0 Å². The number of rotatable bonds is 8. The quantitative estimate of drug-likeness (QED) is 0.253. The minimum absolute atomic E-state index is 0.0116. The van der Waals surface area contributed by atoms with E-state index in [1.54, 1.807) is 42.5 Å². The van der Waals surface area contributed by atoms with E-state index >= 15 is 0 Å². The van der Waals surface area contributed by atoms with Crippen molar-refractivity contribution in [2.45, 2.75) is 26.6 Å². The van der Waals surface area contributed by atoms with Gasteiger partial charge in [-0.05, 0) is 95.5 Å². The fraction of sp³-hybridized carbons (Fsp3) is 0.154. The zero-order valence-corrected chi connectivity index (χ0v) is 20.5. The van der Waals surface area contributed by atoms with Gasteiger partial charge in [0.15, 0.2) is 0 Å². The molecule has 1 N–H and O–H groups in total. The number of carbonyl (C=O) groups is 1. The number of amides is 1. The van der Waals surface area contributed by atoms with E-state index in [2.05, 4.69) is 21.2 Å². The maximum Gasteiger partial charge on any atom is 0.266 e. The molecule has 3 aromatic rings. The smallest absolute Gasteiger partial charge is 0.266 e. The molecule has 0 atom stereocenters. The number of hydrogen-bond acceptors (Lipinski definition) is 4. The fourth-order valence-electron chi connectivity index (χ4n) is 2.85. The fourth-order valence-corrected chi connectivity index (χ4v) is 3.47. The zero-order chi connectivity index (χ0) is 23.8. The maximum atomic E-state index is 12.6. The summed E-state index contributed by atoms with van der Waals surface area (Å²) < 4.78 is 12.2. The average Bonchev–Trinajstić information content (AvgIpc) is 2.79. The number of halogens is 2. The number of anilines is 1. The standard InChI is InChI=1S/C26H22BrClN2O3/c1-17(2)33-25-12-5-19(14-24(25)27)13-20(15-29)26(31)30-22-8-10-23(11-9-22)32-16-18-3-6-21(28)7-4-18/h3-14,17H,16H2,1-2H3,(H,30,31)/b20-13+. The summed E-state index contributed by atoms with van der Waals surface area (Å²) in [6, 6.07) is 21.7. The molecule has 0 bridgehead atoms. The highest BCUT2D eigenvalue weighted by atomic mass is 79.9. The van der Waals surface area contributed by atoms with E-state index < -0.39 is 5.91 Å². The molecule has 0 aliphatic carbocycles. The van der Waals surface area contributed by atoms with Crippen molar-refractivity contribution in [3.8, 4) is 17.6 Å². The highest BCUT2D eigenvalue weighted by Crippen LogP contribution is 2.28. The Kier molecular flexibility index (Phi) is 8.53. The van der Waals surface area contributed by atoms with Crippen LogP contribution in [0.25, 0.3) is 6.08 Å². The number of nitrogens with one attached hydrogen (secondary N) is 1. The normalized spacial score (nSPS) is 11.1. The van der Waals surface area contributed by atoms with Crippen LogP contribution in [0.1, 0.15) is 25.0 Å². The summed E-state index contributed by atoms with van der Waals surface area (Å²) in [6.07, 6.45) is 1.57. The van der Waals surface area contributed by atoms with Crippen molar-refractivity contribution in [1.82, 2.24) is 0 Å². The molecule has 5 nitrogen and oxygen atoms in total. The molecule has 0 spiro atoms. The van der Waals surface area contributed by atoms with Crippen LogP contribution in [0, 0.1) is 11.3 Å². The van der Waals surface area contributed by atoms with Crippen LogP contribution in [-0.2, 0) is 11.4 Å². The van der Waals surface area contributed by atoms with E-state index in [9.17, 15) is 10.1 Å². The van der Waals surface area contributed by atoms with Gasteiger partial charge in [0.25, 0.3) is 5.91 Å². The van der Waals surface area contributed by atoms with Gasteiger partial charge >= 0.3 is 0 Å². The largest absolute Gasteiger partial charge is 0.490 e. The summed E-state index contributed by atoms with van der Waals surface area (Å²) in [5.41, 5.74) is 2.25. The molecule has 1 amide bonds. The van der Waals surface area contributed by atoms with Crippen LogP contribution < -0.4 is 14.8 Å². The number of benzene rings is 3. The lowest BCUT2D eigenvalue weighted by atomic mass is 10.1. The van der Waals surface area contributed by atoms with Crippen molar-refractivity contribution in [1.29, 1.82) is 5.26 Å². The molecule has 168 valence electrons. The lowest BCUT2D eigenvalue weighted by Crippen LogP contribution is -2.13. The lowest BCUT2D eigenvalue weighted by molar-refractivity contribution is -0.112. The molecule has 0 aliphatic rings.